The zero-order valence-corrected chi connectivity index (χ0v) is 15.5. The first-order chi connectivity index (χ1) is 12.7. The second kappa shape index (κ2) is 9.00. The molecule has 7 heteroatoms. The number of amides is 2. The van der Waals surface area contributed by atoms with Crippen LogP contribution in [0, 0.1) is 5.82 Å². The largest absolute Gasteiger partial charge is 0.385 e. The number of ether oxygens (including phenoxy) is 1. The van der Waals surface area contributed by atoms with Crippen molar-refractivity contribution in [3.8, 4) is 11.1 Å². The minimum absolute atomic E-state index is 0.204. The third-order valence-electron chi connectivity index (χ3n) is 4.34. The fraction of sp³-hybridized carbons (Fsp3) is 0.368. The van der Waals surface area contributed by atoms with Crippen LogP contribution in [-0.4, -0.2) is 30.5 Å². The summed E-state index contributed by atoms with van der Waals surface area (Å²) in [5, 5.41) is 2.94. The Balaban J connectivity index is 1.81. The van der Waals surface area contributed by atoms with E-state index in [-0.39, 0.29) is 11.8 Å². The monoisotopic (exact) mass is 375 g/mol. The molecule has 2 amide bonds. The zero-order chi connectivity index (χ0) is 18.4. The number of carbonyl (C=O) groups excluding carboxylic acids is 1. The van der Waals surface area contributed by atoms with Crippen LogP contribution >= 0.6 is 11.9 Å². The lowest BCUT2D eigenvalue weighted by Crippen LogP contribution is -2.24. The molecule has 0 radical (unpaired) electrons. The number of halogens is 1. The van der Waals surface area contributed by atoms with Crippen molar-refractivity contribution < 1.29 is 13.9 Å². The van der Waals surface area contributed by atoms with Gasteiger partial charge in [0.25, 0.3) is 0 Å². The van der Waals surface area contributed by atoms with Gasteiger partial charge in [0.1, 0.15) is 5.82 Å². The van der Waals surface area contributed by atoms with Crippen LogP contribution in [0.5, 0.6) is 0 Å². The number of pyridine rings is 1. The van der Waals surface area contributed by atoms with Crippen LogP contribution in [0.25, 0.3) is 11.1 Å². The van der Waals surface area contributed by atoms with Crippen molar-refractivity contribution in [1.82, 2.24) is 9.71 Å². The number of methoxy groups -OCH3 is 1. The maximum atomic E-state index is 14.5. The van der Waals surface area contributed by atoms with Gasteiger partial charge in [-0.25, -0.2) is 9.18 Å². The Morgan fingerprint density at radius 3 is 2.85 bits per heavy atom. The number of nitrogens with one attached hydrogen (secondary N) is 2. The third kappa shape index (κ3) is 4.34. The fourth-order valence-corrected chi connectivity index (χ4v) is 3.71. The summed E-state index contributed by atoms with van der Waals surface area (Å²) < 4.78 is 22.3. The van der Waals surface area contributed by atoms with Crippen molar-refractivity contribution in [2.75, 3.05) is 24.8 Å². The highest BCUT2D eigenvalue weighted by Gasteiger charge is 2.24. The molecular formula is C19H22FN3O2S. The molecule has 0 bridgehead atoms. The van der Waals surface area contributed by atoms with Gasteiger partial charge in [0, 0.05) is 37.4 Å². The summed E-state index contributed by atoms with van der Waals surface area (Å²) in [6, 6.07) is 4.85. The van der Waals surface area contributed by atoms with Crippen molar-refractivity contribution >= 4 is 23.7 Å². The van der Waals surface area contributed by atoms with Gasteiger partial charge in [-0.1, -0.05) is 0 Å². The summed E-state index contributed by atoms with van der Waals surface area (Å²) in [5.74, 6) is 0.559. The molecule has 2 N–H and O–H groups in total. The molecule has 3 rings (SSSR count). The Kier molecular flexibility index (Phi) is 6.46. The van der Waals surface area contributed by atoms with E-state index in [0.29, 0.717) is 29.8 Å². The second-order valence-electron chi connectivity index (χ2n) is 6.08. The SMILES string of the molecule is COCCCSNC(=O)Nc1c(-c2ccncc2)cc(F)c2c1CCC2. The lowest BCUT2D eigenvalue weighted by Gasteiger charge is -2.17. The number of nitrogens with zero attached hydrogens (tertiary/aromatic N) is 1. The molecule has 1 aromatic carbocycles. The van der Waals surface area contributed by atoms with Gasteiger partial charge < -0.3 is 10.1 Å². The van der Waals surface area contributed by atoms with Crippen molar-refractivity contribution in [3.05, 3.63) is 47.5 Å². The van der Waals surface area contributed by atoms with E-state index in [9.17, 15) is 9.18 Å². The lowest BCUT2D eigenvalue weighted by molar-refractivity contribution is 0.200. The van der Waals surface area contributed by atoms with Crippen molar-refractivity contribution in [2.24, 2.45) is 0 Å². The van der Waals surface area contributed by atoms with E-state index in [0.717, 1.165) is 36.1 Å². The minimum Gasteiger partial charge on any atom is -0.385 e. The van der Waals surface area contributed by atoms with E-state index in [1.807, 2.05) is 12.1 Å². The molecule has 5 nitrogen and oxygen atoms in total. The highest BCUT2D eigenvalue weighted by atomic mass is 32.2. The van der Waals surface area contributed by atoms with Crippen LogP contribution in [0.3, 0.4) is 0 Å². The second-order valence-corrected chi connectivity index (χ2v) is 6.98. The topological polar surface area (TPSA) is 63.2 Å². The number of benzene rings is 1. The lowest BCUT2D eigenvalue weighted by atomic mass is 9.97. The number of hydrogen-bond acceptors (Lipinski definition) is 4. The number of anilines is 1. The molecule has 0 saturated carbocycles. The molecule has 1 aromatic heterocycles. The Bertz CT molecular complexity index is 771. The minimum atomic E-state index is -0.302. The quantitative estimate of drug-likeness (QED) is 0.563. The first-order valence-corrected chi connectivity index (χ1v) is 9.61. The van der Waals surface area contributed by atoms with E-state index >= 15 is 0 Å². The number of carbonyl (C=O) groups is 1. The summed E-state index contributed by atoms with van der Waals surface area (Å²) in [5.41, 5.74) is 3.82. The molecule has 0 spiro atoms. The van der Waals surface area contributed by atoms with Crippen LogP contribution in [0.1, 0.15) is 24.0 Å². The smallest absolute Gasteiger partial charge is 0.329 e. The van der Waals surface area contributed by atoms with Crippen LogP contribution < -0.4 is 10.0 Å². The number of fused-ring (bicyclic) bond motifs is 1. The predicted molar refractivity (Wildman–Crippen MR) is 103 cm³/mol. The summed E-state index contributed by atoms with van der Waals surface area (Å²) in [6.07, 6.45) is 6.55. The Morgan fingerprint density at radius 2 is 2.08 bits per heavy atom. The average molecular weight is 375 g/mol. The zero-order valence-electron chi connectivity index (χ0n) is 14.7. The first-order valence-electron chi connectivity index (χ1n) is 8.63. The van der Waals surface area contributed by atoms with Gasteiger partial charge in [-0.3, -0.25) is 9.71 Å². The molecule has 0 aliphatic heterocycles. The Hall–Kier alpha value is -2.12. The van der Waals surface area contributed by atoms with Gasteiger partial charge in [0.2, 0.25) is 0 Å². The number of hydrogen-bond donors (Lipinski definition) is 2. The van der Waals surface area contributed by atoms with Gasteiger partial charge in [0.05, 0.1) is 5.69 Å². The molecule has 0 unspecified atom stereocenters. The molecule has 2 aromatic rings. The number of aromatic nitrogens is 1. The van der Waals surface area contributed by atoms with Crippen molar-refractivity contribution in [3.63, 3.8) is 0 Å². The Morgan fingerprint density at radius 1 is 1.31 bits per heavy atom. The Labute approximate surface area is 156 Å². The van der Waals surface area contributed by atoms with E-state index in [1.54, 1.807) is 19.5 Å². The van der Waals surface area contributed by atoms with Crippen LogP contribution in [0.2, 0.25) is 0 Å². The molecule has 1 heterocycles. The van der Waals surface area contributed by atoms with Crippen molar-refractivity contribution in [1.29, 1.82) is 0 Å². The van der Waals surface area contributed by atoms with Gasteiger partial charge in [-0.15, -0.1) is 0 Å². The first kappa shape index (κ1) is 18.7. The molecule has 0 saturated heterocycles. The molecule has 0 fully saturated rings. The fourth-order valence-electron chi connectivity index (χ4n) is 3.16. The molecule has 1 aliphatic rings. The summed E-state index contributed by atoms with van der Waals surface area (Å²) in [7, 11) is 1.65. The maximum Gasteiger partial charge on any atom is 0.329 e. The van der Waals surface area contributed by atoms with Crippen LogP contribution in [-0.2, 0) is 17.6 Å². The summed E-state index contributed by atoms with van der Waals surface area (Å²) in [4.78, 5) is 16.3. The van der Waals surface area contributed by atoms with E-state index in [4.69, 9.17) is 4.74 Å². The van der Waals surface area contributed by atoms with E-state index < -0.39 is 0 Å². The number of urea groups is 1. The summed E-state index contributed by atoms with van der Waals surface area (Å²) in [6.45, 7) is 0.661. The normalized spacial score (nSPS) is 12.7. The standard InChI is InChI=1S/C19H22FN3O2S/c1-25-10-3-11-26-23-19(24)22-18-15-5-2-4-14(15)17(20)12-16(18)13-6-8-21-9-7-13/h6-9,12H,2-5,10-11H2,1H3,(H2,22,23,24). The third-order valence-corrected chi connectivity index (χ3v) is 5.16. The molecular weight excluding hydrogens is 353 g/mol. The molecule has 26 heavy (non-hydrogen) atoms. The average Bonchev–Trinajstić information content (AvgIpc) is 3.15. The van der Waals surface area contributed by atoms with Crippen molar-refractivity contribution in [2.45, 2.75) is 25.7 Å². The molecule has 0 atom stereocenters. The van der Waals surface area contributed by atoms with Gasteiger partial charge in [-0.05, 0) is 72.5 Å². The number of rotatable bonds is 7. The van der Waals surface area contributed by atoms with Crippen LogP contribution in [0.4, 0.5) is 14.9 Å². The van der Waals surface area contributed by atoms with Crippen LogP contribution in [0.15, 0.2) is 30.6 Å². The van der Waals surface area contributed by atoms with Gasteiger partial charge in [0.15, 0.2) is 0 Å². The summed E-state index contributed by atoms with van der Waals surface area (Å²) >= 11 is 1.33. The molecule has 138 valence electrons. The van der Waals surface area contributed by atoms with E-state index in [1.165, 1.54) is 18.0 Å². The predicted octanol–water partition coefficient (Wildman–Crippen LogP) is 4.18. The molecule has 1 aliphatic carbocycles. The van der Waals surface area contributed by atoms with Gasteiger partial charge in [-0.2, -0.15) is 0 Å². The highest BCUT2D eigenvalue weighted by Crippen LogP contribution is 2.39. The highest BCUT2D eigenvalue weighted by molar-refractivity contribution is 7.97. The van der Waals surface area contributed by atoms with E-state index in [2.05, 4.69) is 15.0 Å². The van der Waals surface area contributed by atoms with Gasteiger partial charge >= 0.3 is 6.03 Å². The maximum absolute atomic E-state index is 14.5.